The fraction of sp³-hybridized carbons (Fsp3) is 0.600. The second-order valence-electron chi connectivity index (χ2n) is 7.14. The molecule has 1 saturated carbocycles. The lowest BCUT2D eigenvalue weighted by Crippen LogP contribution is -2.49. The predicted octanol–water partition coefficient (Wildman–Crippen LogP) is 2.70. The number of hydrogen-bond acceptors (Lipinski definition) is 3. The van der Waals surface area contributed by atoms with Crippen LogP contribution in [0.25, 0.3) is 0 Å². The Bertz CT molecular complexity index is 555. The minimum Gasteiger partial charge on any atom is -0.388 e. The van der Waals surface area contributed by atoms with E-state index < -0.39 is 12.1 Å². The van der Waals surface area contributed by atoms with Gasteiger partial charge in [0.25, 0.3) is 0 Å². The van der Waals surface area contributed by atoms with Crippen molar-refractivity contribution >= 4 is 11.8 Å². The van der Waals surface area contributed by atoms with Crippen molar-refractivity contribution in [3.63, 3.8) is 0 Å². The molecule has 1 aromatic carbocycles. The molecule has 25 heavy (non-hydrogen) atoms. The Hall–Kier alpha value is -1.88. The second-order valence-corrected chi connectivity index (χ2v) is 7.14. The Labute approximate surface area is 150 Å². The van der Waals surface area contributed by atoms with E-state index in [1.54, 1.807) is 6.92 Å². The van der Waals surface area contributed by atoms with E-state index in [1.807, 2.05) is 37.3 Å². The van der Waals surface area contributed by atoms with Gasteiger partial charge in [0.1, 0.15) is 6.04 Å². The van der Waals surface area contributed by atoms with Crippen molar-refractivity contribution in [2.75, 3.05) is 0 Å². The highest BCUT2D eigenvalue weighted by molar-refractivity contribution is 5.88. The van der Waals surface area contributed by atoms with Gasteiger partial charge < -0.3 is 15.7 Å². The fourth-order valence-corrected chi connectivity index (χ4v) is 3.33. The van der Waals surface area contributed by atoms with Crippen molar-refractivity contribution in [2.24, 2.45) is 5.92 Å². The molecule has 3 atom stereocenters. The van der Waals surface area contributed by atoms with Gasteiger partial charge in [-0.15, -0.1) is 0 Å². The zero-order valence-corrected chi connectivity index (χ0v) is 15.2. The summed E-state index contributed by atoms with van der Waals surface area (Å²) in [6, 6.07) is 8.65. The van der Waals surface area contributed by atoms with E-state index in [2.05, 4.69) is 10.6 Å². The van der Waals surface area contributed by atoms with Crippen LogP contribution in [0, 0.1) is 5.92 Å². The van der Waals surface area contributed by atoms with Crippen molar-refractivity contribution in [3.8, 4) is 0 Å². The van der Waals surface area contributed by atoms with Crippen LogP contribution < -0.4 is 10.6 Å². The fourth-order valence-electron chi connectivity index (χ4n) is 3.33. The van der Waals surface area contributed by atoms with Crippen molar-refractivity contribution in [1.29, 1.82) is 0 Å². The summed E-state index contributed by atoms with van der Waals surface area (Å²) in [5.74, 6) is -0.183. The van der Waals surface area contributed by atoms with Crippen molar-refractivity contribution in [1.82, 2.24) is 10.6 Å². The molecule has 1 aliphatic rings. The lowest BCUT2D eigenvalue weighted by Gasteiger charge is -2.24. The number of aliphatic hydroxyl groups excluding tert-OH is 1. The molecule has 1 aliphatic carbocycles. The van der Waals surface area contributed by atoms with Gasteiger partial charge in [-0.2, -0.15) is 0 Å². The summed E-state index contributed by atoms with van der Waals surface area (Å²) in [5, 5.41) is 15.9. The summed E-state index contributed by atoms with van der Waals surface area (Å²) in [5.41, 5.74) is 0.835. The Morgan fingerprint density at radius 2 is 1.72 bits per heavy atom. The lowest BCUT2D eigenvalue weighted by molar-refractivity contribution is -0.131. The van der Waals surface area contributed by atoms with Crippen LogP contribution in [0.1, 0.15) is 64.0 Å². The average molecular weight is 346 g/mol. The van der Waals surface area contributed by atoms with E-state index in [0.717, 1.165) is 31.2 Å². The standard InChI is InChI=1S/C20H30N2O3/c1-14(13-18(23)16-9-5-3-6-10-16)21-19(24)15(2)22-20(25)17-11-7-4-8-12-17/h3,5-6,9-10,14-15,17-18,23H,4,7-8,11-13H2,1-2H3,(H,21,24)(H,22,25). The van der Waals surface area contributed by atoms with E-state index in [-0.39, 0.29) is 23.8 Å². The van der Waals surface area contributed by atoms with Gasteiger partial charge in [-0.05, 0) is 38.7 Å². The van der Waals surface area contributed by atoms with Gasteiger partial charge in [-0.1, -0.05) is 49.6 Å². The minimum atomic E-state index is -0.622. The van der Waals surface area contributed by atoms with Crippen LogP contribution in [0.15, 0.2) is 30.3 Å². The summed E-state index contributed by atoms with van der Waals surface area (Å²) >= 11 is 0. The molecule has 3 N–H and O–H groups in total. The van der Waals surface area contributed by atoms with E-state index in [0.29, 0.717) is 6.42 Å². The van der Waals surface area contributed by atoms with E-state index >= 15 is 0 Å². The molecular formula is C20H30N2O3. The molecule has 0 bridgehead atoms. The first kappa shape index (κ1) is 19.4. The molecule has 1 aromatic rings. The zero-order chi connectivity index (χ0) is 18.2. The van der Waals surface area contributed by atoms with Crippen LogP contribution in [-0.2, 0) is 9.59 Å². The minimum absolute atomic E-state index is 0.0145. The largest absolute Gasteiger partial charge is 0.388 e. The third kappa shape index (κ3) is 6.16. The first-order valence-electron chi connectivity index (χ1n) is 9.31. The molecule has 0 radical (unpaired) electrons. The highest BCUT2D eigenvalue weighted by atomic mass is 16.3. The highest BCUT2D eigenvalue weighted by Crippen LogP contribution is 2.23. The maximum atomic E-state index is 12.3. The quantitative estimate of drug-likeness (QED) is 0.710. The number of hydrogen-bond donors (Lipinski definition) is 3. The van der Waals surface area contributed by atoms with Crippen LogP contribution in [0.5, 0.6) is 0 Å². The SMILES string of the molecule is CC(CC(O)c1ccccc1)NC(=O)C(C)NC(=O)C1CCCCC1. The van der Waals surface area contributed by atoms with Gasteiger partial charge in [0.15, 0.2) is 0 Å². The molecule has 2 rings (SSSR count). The smallest absolute Gasteiger partial charge is 0.242 e. The van der Waals surface area contributed by atoms with Gasteiger partial charge in [-0.25, -0.2) is 0 Å². The molecule has 3 unspecified atom stereocenters. The summed E-state index contributed by atoms with van der Waals surface area (Å²) in [6.07, 6.45) is 5.02. The van der Waals surface area contributed by atoms with E-state index in [9.17, 15) is 14.7 Å². The molecule has 0 aliphatic heterocycles. The normalized spacial score (nSPS) is 18.8. The zero-order valence-electron chi connectivity index (χ0n) is 15.2. The van der Waals surface area contributed by atoms with E-state index in [1.165, 1.54) is 6.42 Å². The summed E-state index contributed by atoms with van der Waals surface area (Å²) in [6.45, 7) is 3.57. The number of rotatable bonds is 7. The number of carbonyl (C=O) groups is 2. The number of carbonyl (C=O) groups excluding carboxylic acids is 2. The first-order chi connectivity index (χ1) is 12.0. The monoisotopic (exact) mass is 346 g/mol. The third-order valence-corrected chi connectivity index (χ3v) is 4.88. The second kappa shape index (κ2) is 9.56. The summed E-state index contributed by atoms with van der Waals surface area (Å²) in [4.78, 5) is 24.5. The summed E-state index contributed by atoms with van der Waals surface area (Å²) < 4.78 is 0. The van der Waals surface area contributed by atoms with Crippen LogP contribution >= 0.6 is 0 Å². The van der Waals surface area contributed by atoms with Crippen LogP contribution in [0.2, 0.25) is 0 Å². The molecule has 0 aromatic heterocycles. The van der Waals surface area contributed by atoms with E-state index in [4.69, 9.17) is 0 Å². The Balaban J connectivity index is 1.76. The first-order valence-corrected chi connectivity index (χ1v) is 9.31. The third-order valence-electron chi connectivity index (χ3n) is 4.88. The van der Waals surface area contributed by atoms with Gasteiger partial charge >= 0.3 is 0 Å². The number of aliphatic hydroxyl groups is 1. The molecule has 5 nitrogen and oxygen atoms in total. The molecule has 5 heteroatoms. The topological polar surface area (TPSA) is 78.4 Å². The molecule has 0 saturated heterocycles. The molecule has 0 spiro atoms. The molecule has 0 heterocycles. The Kier molecular flexibility index (Phi) is 7.44. The molecule has 2 amide bonds. The number of benzene rings is 1. The van der Waals surface area contributed by atoms with Crippen molar-refractivity contribution in [2.45, 2.75) is 70.6 Å². The van der Waals surface area contributed by atoms with Crippen LogP contribution in [-0.4, -0.2) is 29.0 Å². The number of amides is 2. The summed E-state index contributed by atoms with van der Waals surface area (Å²) in [7, 11) is 0. The van der Waals surface area contributed by atoms with Gasteiger partial charge in [0.05, 0.1) is 6.10 Å². The van der Waals surface area contributed by atoms with Gasteiger partial charge in [0, 0.05) is 12.0 Å². The van der Waals surface area contributed by atoms with Gasteiger partial charge in [-0.3, -0.25) is 9.59 Å². The lowest BCUT2D eigenvalue weighted by atomic mass is 9.88. The maximum absolute atomic E-state index is 12.3. The van der Waals surface area contributed by atoms with Crippen LogP contribution in [0.3, 0.4) is 0 Å². The Morgan fingerprint density at radius 1 is 1.08 bits per heavy atom. The maximum Gasteiger partial charge on any atom is 0.242 e. The van der Waals surface area contributed by atoms with Gasteiger partial charge in [0.2, 0.25) is 11.8 Å². The Morgan fingerprint density at radius 3 is 2.36 bits per heavy atom. The predicted molar refractivity (Wildman–Crippen MR) is 97.8 cm³/mol. The van der Waals surface area contributed by atoms with Crippen molar-refractivity contribution in [3.05, 3.63) is 35.9 Å². The molecule has 138 valence electrons. The molecule has 1 fully saturated rings. The van der Waals surface area contributed by atoms with Crippen LogP contribution in [0.4, 0.5) is 0 Å². The number of nitrogens with one attached hydrogen (secondary N) is 2. The molecular weight excluding hydrogens is 316 g/mol. The average Bonchev–Trinajstić information content (AvgIpc) is 2.62. The van der Waals surface area contributed by atoms with Crippen molar-refractivity contribution < 1.29 is 14.7 Å². The highest BCUT2D eigenvalue weighted by Gasteiger charge is 2.25.